The molecule has 2 aromatic heterocycles. The number of fused-ring (bicyclic) bond motifs is 1. The van der Waals surface area contributed by atoms with Gasteiger partial charge in [-0.15, -0.1) is 0 Å². The third-order valence-corrected chi connectivity index (χ3v) is 4.71. The lowest BCUT2D eigenvalue weighted by atomic mass is 10.1. The summed E-state index contributed by atoms with van der Waals surface area (Å²) in [5.41, 5.74) is 9.06. The minimum atomic E-state index is -1.03. The lowest BCUT2D eigenvalue weighted by Crippen LogP contribution is -2.40. The Balaban J connectivity index is 1.79. The monoisotopic (exact) mass is 338 g/mol. The zero-order chi connectivity index (χ0) is 17.4. The van der Waals surface area contributed by atoms with E-state index in [1.165, 1.54) is 0 Å². The number of alkyl halides is 1. The van der Waals surface area contributed by atoms with Gasteiger partial charge in [-0.2, -0.15) is 0 Å². The van der Waals surface area contributed by atoms with Gasteiger partial charge >= 0.3 is 0 Å². The van der Waals surface area contributed by atoms with Gasteiger partial charge in [0.1, 0.15) is 11.8 Å². The molecular weight excluding hydrogens is 319 g/mol. The zero-order valence-electron chi connectivity index (χ0n) is 13.7. The van der Waals surface area contributed by atoms with Crippen LogP contribution in [0.2, 0.25) is 0 Å². The maximum absolute atomic E-state index is 13.9. The third kappa shape index (κ3) is 2.89. The molecular formula is C19H19FN4O. The van der Waals surface area contributed by atoms with E-state index in [0.717, 1.165) is 22.6 Å². The molecule has 1 fully saturated rings. The van der Waals surface area contributed by atoms with Gasteiger partial charge in [-0.3, -0.25) is 9.69 Å². The summed E-state index contributed by atoms with van der Waals surface area (Å²) in [6.45, 7) is 0.630. The van der Waals surface area contributed by atoms with Crippen molar-refractivity contribution in [2.24, 2.45) is 5.73 Å². The van der Waals surface area contributed by atoms with E-state index < -0.39 is 18.1 Å². The van der Waals surface area contributed by atoms with Gasteiger partial charge < -0.3 is 10.1 Å². The number of carbonyl (C=O) groups is 1. The molecule has 128 valence electrons. The first-order chi connectivity index (χ1) is 12.1. The minimum absolute atomic E-state index is 0.159. The van der Waals surface area contributed by atoms with E-state index in [-0.39, 0.29) is 13.0 Å². The summed E-state index contributed by atoms with van der Waals surface area (Å²) in [6, 6.07) is 15.1. The molecule has 1 aromatic carbocycles. The van der Waals surface area contributed by atoms with Crippen molar-refractivity contribution in [1.82, 2.24) is 14.3 Å². The molecule has 25 heavy (non-hydrogen) atoms. The second-order valence-electron chi connectivity index (χ2n) is 6.38. The second-order valence-corrected chi connectivity index (χ2v) is 6.38. The Kier molecular flexibility index (Phi) is 3.97. The van der Waals surface area contributed by atoms with Gasteiger partial charge in [-0.25, -0.2) is 9.37 Å². The number of aromatic nitrogens is 2. The van der Waals surface area contributed by atoms with Crippen molar-refractivity contribution in [3.05, 3.63) is 60.4 Å². The molecule has 0 aliphatic carbocycles. The molecule has 0 unspecified atom stereocenters. The molecule has 0 bridgehead atoms. The van der Waals surface area contributed by atoms with Crippen molar-refractivity contribution in [3.63, 3.8) is 0 Å². The molecule has 3 heterocycles. The summed E-state index contributed by atoms with van der Waals surface area (Å²) >= 11 is 0. The second kappa shape index (κ2) is 6.29. The van der Waals surface area contributed by atoms with Crippen LogP contribution >= 0.6 is 0 Å². The van der Waals surface area contributed by atoms with E-state index in [0.29, 0.717) is 6.54 Å². The maximum Gasteiger partial charge on any atom is 0.234 e. The number of likely N-dealkylation sites (tertiary alicyclic amines) is 1. The molecule has 5 nitrogen and oxygen atoms in total. The summed E-state index contributed by atoms with van der Waals surface area (Å²) in [6.07, 6.45) is 1.07. The fourth-order valence-electron chi connectivity index (χ4n) is 3.54. The zero-order valence-corrected chi connectivity index (χ0v) is 13.7. The highest BCUT2D eigenvalue weighted by atomic mass is 19.1. The summed E-state index contributed by atoms with van der Waals surface area (Å²) in [5, 5.41) is 0. The number of primary amides is 1. The van der Waals surface area contributed by atoms with Crippen LogP contribution in [0, 0.1) is 0 Å². The van der Waals surface area contributed by atoms with Crippen molar-refractivity contribution in [2.45, 2.75) is 25.2 Å². The van der Waals surface area contributed by atoms with Gasteiger partial charge in [-0.1, -0.05) is 36.4 Å². The summed E-state index contributed by atoms with van der Waals surface area (Å²) < 4.78 is 15.9. The van der Waals surface area contributed by atoms with Crippen LogP contribution in [0.4, 0.5) is 4.39 Å². The molecule has 4 rings (SSSR count). The number of nitrogens with two attached hydrogens (primary N) is 1. The molecule has 1 aliphatic heterocycles. The average Bonchev–Trinajstić information content (AvgIpc) is 3.17. The number of benzene rings is 1. The van der Waals surface area contributed by atoms with E-state index in [4.69, 9.17) is 10.7 Å². The first-order valence-corrected chi connectivity index (χ1v) is 8.32. The van der Waals surface area contributed by atoms with E-state index in [2.05, 4.69) is 0 Å². The Hall–Kier alpha value is -2.73. The number of imidazole rings is 1. The molecule has 2 atom stereocenters. The van der Waals surface area contributed by atoms with E-state index in [1.807, 2.05) is 64.0 Å². The number of hydrogen-bond donors (Lipinski definition) is 1. The van der Waals surface area contributed by atoms with Crippen molar-refractivity contribution in [2.75, 3.05) is 6.54 Å². The molecule has 2 N–H and O–H groups in total. The highest BCUT2D eigenvalue weighted by molar-refractivity contribution is 5.80. The number of carbonyl (C=O) groups excluding carboxylic acids is 1. The van der Waals surface area contributed by atoms with Gasteiger partial charge in [0, 0.05) is 31.3 Å². The molecule has 3 aromatic rings. The predicted octanol–water partition coefficient (Wildman–Crippen LogP) is 2.40. The van der Waals surface area contributed by atoms with Crippen molar-refractivity contribution >= 4 is 11.6 Å². The fraction of sp³-hybridized carbons (Fsp3) is 0.263. The van der Waals surface area contributed by atoms with Gasteiger partial charge in [-0.05, 0) is 12.1 Å². The minimum Gasteiger partial charge on any atom is -0.368 e. The Morgan fingerprint density at radius 3 is 2.72 bits per heavy atom. The largest absolute Gasteiger partial charge is 0.368 e. The van der Waals surface area contributed by atoms with Gasteiger partial charge in [0.15, 0.2) is 0 Å². The predicted molar refractivity (Wildman–Crippen MR) is 93.5 cm³/mol. The van der Waals surface area contributed by atoms with Crippen molar-refractivity contribution < 1.29 is 9.18 Å². The Bertz CT molecular complexity index is 908. The van der Waals surface area contributed by atoms with Crippen molar-refractivity contribution in [3.8, 4) is 11.3 Å². The molecule has 1 amide bonds. The van der Waals surface area contributed by atoms with Crippen LogP contribution in [0.3, 0.4) is 0 Å². The Labute approximate surface area is 144 Å². The van der Waals surface area contributed by atoms with E-state index in [9.17, 15) is 9.18 Å². The summed E-state index contributed by atoms with van der Waals surface area (Å²) in [5.74, 6) is -0.477. The first kappa shape index (κ1) is 15.8. The van der Waals surface area contributed by atoms with Crippen LogP contribution < -0.4 is 5.73 Å². The standard InChI is InChI=1S/C19H19FN4O/c20-14-10-15(19(21)25)23(11-14)12-16-18(13-6-2-1-3-7-13)22-17-8-4-5-9-24(16)17/h1-9,14-15H,10-12H2,(H2,21,25)/t14-,15+/m1/s1. The van der Waals surface area contributed by atoms with Gasteiger partial charge in [0.2, 0.25) is 5.91 Å². The number of amides is 1. The van der Waals surface area contributed by atoms with Gasteiger partial charge in [0.05, 0.1) is 17.4 Å². The maximum atomic E-state index is 13.9. The molecule has 1 saturated heterocycles. The van der Waals surface area contributed by atoms with Gasteiger partial charge in [0.25, 0.3) is 0 Å². The smallest absolute Gasteiger partial charge is 0.234 e. The fourth-order valence-corrected chi connectivity index (χ4v) is 3.54. The van der Waals surface area contributed by atoms with E-state index in [1.54, 1.807) is 0 Å². The number of nitrogens with zero attached hydrogens (tertiary/aromatic N) is 3. The molecule has 0 radical (unpaired) electrons. The highest BCUT2D eigenvalue weighted by Crippen LogP contribution is 2.29. The van der Waals surface area contributed by atoms with E-state index >= 15 is 0 Å². The highest BCUT2D eigenvalue weighted by Gasteiger charge is 2.36. The first-order valence-electron chi connectivity index (χ1n) is 8.32. The van der Waals surface area contributed by atoms with Crippen LogP contribution in [0.15, 0.2) is 54.7 Å². The van der Waals surface area contributed by atoms with Crippen LogP contribution in [0.25, 0.3) is 16.9 Å². The van der Waals surface area contributed by atoms with Crippen LogP contribution in [-0.4, -0.2) is 39.0 Å². The van der Waals surface area contributed by atoms with Crippen molar-refractivity contribution in [1.29, 1.82) is 0 Å². The average molecular weight is 338 g/mol. The van der Waals surface area contributed by atoms with Crippen LogP contribution in [0.5, 0.6) is 0 Å². The summed E-state index contributed by atoms with van der Waals surface area (Å²) in [7, 11) is 0. The normalized spacial score (nSPS) is 21.0. The topological polar surface area (TPSA) is 63.6 Å². The number of pyridine rings is 1. The quantitative estimate of drug-likeness (QED) is 0.794. The Morgan fingerprint density at radius 1 is 1.20 bits per heavy atom. The number of rotatable bonds is 4. The summed E-state index contributed by atoms with van der Waals surface area (Å²) in [4.78, 5) is 18.3. The lowest BCUT2D eigenvalue weighted by molar-refractivity contribution is -0.122. The third-order valence-electron chi connectivity index (χ3n) is 4.71. The molecule has 1 aliphatic rings. The Morgan fingerprint density at radius 2 is 1.96 bits per heavy atom. The molecule has 6 heteroatoms. The number of hydrogen-bond acceptors (Lipinski definition) is 3. The number of halogens is 1. The molecule has 0 spiro atoms. The molecule has 0 saturated carbocycles. The van der Waals surface area contributed by atoms with Crippen LogP contribution in [-0.2, 0) is 11.3 Å². The lowest BCUT2D eigenvalue weighted by Gasteiger charge is -2.21. The van der Waals surface area contributed by atoms with Crippen LogP contribution in [0.1, 0.15) is 12.1 Å². The SMILES string of the molecule is NC(=O)[C@@H]1C[C@@H](F)CN1Cc1c(-c2ccccc2)nc2ccccn12.